The molecule has 2 aromatic carbocycles. The maximum Gasteiger partial charge on any atom is 0.161 e. The van der Waals surface area contributed by atoms with Gasteiger partial charge in [0.05, 0.1) is 7.11 Å². The van der Waals surface area contributed by atoms with E-state index in [0.29, 0.717) is 12.6 Å². The largest absolute Gasteiger partial charge is 0.493 e. The molecule has 1 heterocycles. The van der Waals surface area contributed by atoms with Crippen molar-refractivity contribution in [3.8, 4) is 11.5 Å². The molecule has 2 aromatic rings. The maximum absolute atomic E-state index is 6.03. The van der Waals surface area contributed by atoms with Crippen LogP contribution in [0.15, 0.2) is 48.5 Å². The molecule has 0 saturated carbocycles. The van der Waals surface area contributed by atoms with Crippen LogP contribution >= 0.6 is 12.4 Å². The molecular formula is C21H29ClN2O2. The molecule has 3 rings (SSSR count). The predicted octanol–water partition coefficient (Wildman–Crippen LogP) is 3.88. The van der Waals surface area contributed by atoms with Crippen molar-refractivity contribution in [3.05, 3.63) is 59.7 Å². The number of rotatable bonds is 7. The van der Waals surface area contributed by atoms with Crippen LogP contribution in [0.25, 0.3) is 0 Å². The number of hydrogen-bond donors (Lipinski definition) is 1. The van der Waals surface area contributed by atoms with Crippen LogP contribution in [0.3, 0.4) is 0 Å². The molecule has 5 heteroatoms. The van der Waals surface area contributed by atoms with Gasteiger partial charge < -0.3 is 14.8 Å². The average molecular weight is 377 g/mol. The Labute approximate surface area is 162 Å². The smallest absolute Gasteiger partial charge is 0.161 e. The molecule has 0 aromatic heterocycles. The van der Waals surface area contributed by atoms with E-state index < -0.39 is 0 Å². The molecule has 1 aliphatic rings. The van der Waals surface area contributed by atoms with Gasteiger partial charge in [-0.1, -0.05) is 36.4 Å². The molecule has 0 amide bonds. The van der Waals surface area contributed by atoms with Crippen molar-refractivity contribution in [3.63, 3.8) is 0 Å². The topological polar surface area (TPSA) is 33.7 Å². The number of likely N-dealkylation sites (N-methyl/N-ethyl adjacent to an activating group) is 1. The number of methoxy groups -OCH3 is 1. The average Bonchev–Trinajstić information content (AvgIpc) is 2.67. The van der Waals surface area contributed by atoms with E-state index in [1.165, 1.54) is 18.4 Å². The van der Waals surface area contributed by atoms with Crippen LogP contribution in [-0.2, 0) is 13.2 Å². The first-order valence-corrected chi connectivity index (χ1v) is 9.01. The van der Waals surface area contributed by atoms with Crippen LogP contribution in [0.5, 0.6) is 11.5 Å². The molecule has 1 N–H and O–H groups in total. The van der Waals surface area contributed by atoms with Crippen molar-refractivity contribution in [1.82, 2.24) is 10.2 Å². The van der Waals surface area contributed by atoms with E-state index in [1.54, 1.807) is 7.11 Å². The lowest BCUT2D eigenvalue weighted by Crippen LogP contribution is -2.43. The molecule has 1 unspecified atom stereocenters. The zero-order valence-corrected chi connectivity index (χ0v) is 16.4. The van der Waals surface area contributed by atoms with E-state index in [4.69, 9.17) is 9.47 Å². The lowest BCUT2D eigenvalue weighted by Gasteiger charge is -2.32. The summed E-state index contributed by atoms with van der Waals surface area (Å²) >= 11 is 0. The van der Waals surface area contributed by atoms with Crippen LogP contribution in [-0.4, -0.2) is 38.2 Å². The minimum absolute atomic E-state index is 0. The number of nitrogens with zero attached hydrogens (tertiary/aromatic N) is 1. The molecule has 1 atom stereocenters. The summed E-state index contributed by atoms with van der Waals surface area (Å²) in [5, 5.41) is 3.40. The summed E-state index contributed by atoms with van der Waals surface area (Å²) < 4.78 is 11.5. The van der Waals surface area contributed by atoms with Gasteiger partial charge in [-0.2, -0.15) is 0 Å². The van der Waals surface area contributed by atoms with Crippen LogP contribution < -0.4 is 14.8 Å². The van der Waals surface area contributed by atoms with Crippen LogP contribution in [0.2, 0.25) is 0 Å². The van der Waals surface area contributed by atoms with Crippen molar-refractivity contribution in [2.75, 3.05) is 27.2 Å². The Morgan fingerprint density at radius 3 is 2.62 bits per heavy atom. The quantitative estimate of drug-likeness (QED) is 0.795. The molecule has 1 fully saturated rings. The van der Waals surface area contributed by atoms with E-state index in [9.17, 15) is 0 Å². The number of halogens is 1. The van der Waals surface area contributed by atoms with Gasteiger partial charge in [-0.05, 0) is 49.7 Å². The van der Waals surface area contributed by atoms with E-state index in [1.807, 2.05) is 24.3 Å². The zero-order valence-electron chi connectivity index (χ0n) is 15.6. The van der Waals surface area contributed by atoms with E-state index in [-0.39, 0.29) is 12.4 Å². The van der Waals surface area contributed by atoms with Gasteiger partial charge in [0.25, 0.3) is 0 Å². The van der Waals surface area contributed by atoms with Crippen LogP contribution in [0.1, 0.15) is 24.0 Å². The first-order chi connectivity index (χ1) is 12.3. The standard InChI is InChI=1S/C21H28N2O2.ClH/c1-22-19-9-6-12-23(15-19)14-18-10-11-20(24-2)21(13-18)25-16-17-7-4-3-5-8-17;/h3-5,7-8,10-11,13,19,22H,6,9,12,14-16H2,1-2H3;1H. The summed E-state index contributed by atoms with van der Waals surface area (Å²) in [4.78, 5) is 2.51. The minimum atomic E-state index is 0. The molecule has 1 aliphatic heterocycles. The highest BCUT2D eigenvalue weighted by Crippen LogP contribution is 2.29. The van der Waals surface area contributed by atoms with Crippen molar-refractivity contribution in [2.45, 2.75) is 32.0 Å². The van der Waals surface area contributed by atoms with Crippen molar-refractivity contribution in [2.24, 2.45) is 0 Å². The number of hydrogen-bond acceptors (Lipinski definition) is 4. The monoisotopic (exact) mass is 376 g/mol. The van der Waals surface area contributed by atoms with E-state index in [2.05, 4.69) is 41.5 Å². The molecule has 0 aliphatic carbocycles. The Bertz CT molecular complexity index is 666. The van der Waals surface area contributed by atoms with Gasteiger partial charge in [-0.15, -0.1) is 12.4 Å². The summed E-state index contributed by atoms with van der Waals surface area (Å²) in [6, 6.07) is 17.1. The third kappa shape index (κ3) is 5.63. The second-order valence-corrected chi connectivity index (χ2v) is 6.62. The molecule has 0 spiro atoms. The van der Waals surface area contributed by atoms with Gasteiger partial charge in [0.15, 0.2) is 11.5 Å². The molecule has 0 bridgehead atoms. The summed E-state index contributed by atoms with van der Waals surface area (Å²) in [6.07, 6.45) is 2.51. The van der Waals surface area contributed by atoms with Gasteiger partial charge in [-0.3, -0.25) is 4.90 Å². The van der Waals surface area contributed by atoms with Gasteiger partial charge in [0, 0.05) is 19.1 Å². The Morgan fingerprint density at radius 2 is 1.88 bits per heavy atom. The fourth-order valence-electron chi connectivity index (χ4n) is 3.36. The second-order valence-electron chi connectivity index (χ2n) is 6.62. The third-order valence-corrected chi connectivity index (χ3v) is 4.79. The molecule has 1 saturated heterocycles. The highest BCUT2D eigenvalue weighted by molar-refractivity contribution is 5.85. The fourth-order valence-corrected chi connectivity index (χ4v) is 3.36. The third-order valence-electron chi connectivity index (χ3n) is 4.79. The Morgan fingerprint density at radius 1 is 1.08 bits per heavy atom. The lowest BCUT2D eigenvalue weighted by molar-refractivity contribution is 0.187. The Hall–Kier alpha value is -1.75. The predicted molar refractivity (Wildman–Crippen MR) is 108 cm³/mol. The summed E-state index contributed by atoms with van der Waals surface area (Å²) in [6.45, 7) is 3.75. The normalized spacial score (nSPS) is 17.4. The van der Waals surface area contributed by atoms with Crippen LogP contribution in [0.4, 0.5) is 0 Å². The molecule has 142 valence electrons. The Kier molecular flexibility index (Phi) is 8.23. The fraction of sp³-hybridized carbons (Fsp3) is 0.429. The SMILES string of the molecule is CNC1CCCN(Cc2ccc(OC)c(OCc3ccccc3)c2)C1.Cl. The number of piperidine rings is 1. The number of ether oxygens (including phenoxy) is 2. The van der Waals surface area contributed by atoms with Crippen molar-refractivity contribution in [1.29, 1.82) is 0 Å². The highest BCUT2D eigenvalue weighted by Gasteiger charge is 2.18. The number of likely N-dealkylation sites (tertiary alicyclic amines) is 1. The highest BCUT2D eigenvalue weighted by atomic mass is 35.5. The van der Waals surface area contributed by atoms with E-state index in [0.717, 1.165) is 36.7 Å². The summed E-state index contributed by atoms with van der Waals surface area (Å²) in [7, 11) is 3.74. The van der Waals surface area contributed by atoms with Crippen LogP contribution in [0, 0.1) is 0 Å². The van der Waals surface area contributed by atoms with E-state index >= 15 is 0 Å². The van der Waals surface area contributed by atoms with Crippen molar-refractivity contribution < 1.29 is 9.47 Å². The summed E-state index contributed by atoms with van der Waals surface area (Å²) in [5.41, 5.74) is 2.42. The second kappa shape index (κ2) is 10.4. The maximum atomic E-state index is 6.03. The molecule has 4 nitrogen and oxygen atoms in total. The first kappa shape index (κ1) is 20.6. The van der Waals surface area contributed by atoms with Gasteiger partial charge in [-0.25, -0.2) is 0 Å². The molecule has 0 radical (unpaired) electrons. The lowest BCUT2D eigenvalue weighted by atomic mass is 10.0. The van der Waals surface area contributed by atoms with Gasteiger partial charge in [0.2, 0.25) is 0 Å². The van der Waals surface area contributed by atoms with Crippen molar-refractivity contribution >= 4 is 12.4 Å². The number of nitrogens with one attached hydrogen (secondary N) is 1. The Balaban J connectivity index is 0.00000243. The first-order valence-electron chi connectivity index (χ1n) is 9.01. The molecule has 26 heavy (non-hydrogen) atoms. The molecular weight excluding hydrogens is 348 g/mol. The van der Waals surface area contributed by atoms with Gasteiger partial charge >= 0.3 is 0 Å². The minimum Gasteiger partial charge on any atom is -0.493 e. The zero-order chi connectivity index (χ0) is 17.5. The summed E-state index contributed by atoms with van der Waals surface area (Å²) in [5.74, 6) is 1.59. The van der Waals surface area contributed by atoms with Gasteiger partial charge in [0.1, 0.15) is 6.61 Å². The number of benzene rings is 2.